The first kappa shape index (κ1) is 15.1. The minimum atomic E-state index is -0.741. The highest BCUT2D eigenvalue weighted by atomic mass is 16.3. The molecule has 2 atom stereocenters. The molecule has 0 rings (SSSR count). The summed E-state index contributed by atoms with van der Waals surface area (Å²) in [5, 5.41) is 8.89. The Balaban J connectivity index is 0. The van der Waals surface area contributed by atoms with E-state index in [9.17, 15) is 4.79 Å². The van der Waals surface area contributed by atoms with Crippen LogP contribution in [0.5, 0.6) is 0 Å². The third kappa shape index (κ3) is 7.94. The third-order valence-corrected chi connectivity index (χ3v) is 1.42. The molecular weight excluding hydrogens is 166 g/mol. The summed E-state index contributed by atoms with van der Waals surface area (Å²) < 4.78 is 0. The van der Waals surface area contributed by atoms with Crippen LogP contribution in [0.2, 0.25) is 0 Å². The molecule has 2 unspecified atom stereocenters. The average Bonchev–Trinajstić information content (AvgIpc) is 2.03. The van der Waals surface area contributed by atoms with E-state index in [0.717, 1.165) is 0 Å². The van der Waals surface area contributed by atoms with Crippen molar-refractivity contribution in [3.05, 3.63) is 0 Å². The zero-order chi connectivity index (χ0) is 11.0. The molecule has 0 aliphatic rings. The van der Waals surface area contributed by atoms with Gasteiger partial charge in [-0.1, -0.05) is 34.1 Å². The molecule has 0 heterocycles. The van der Waals surface area contributed by atoms with Gasteiger partial charge in [0.05, 0.1) is 12.1 Å². The SMILES string of the molecule is CC(C)C(=O)C(N)C(C)O.CCC. The van der Waals surface area contributed by atoms with Crippen LogP contribution in [0.15, 0.2) is 0 Å². The van der Waals surface area contributed by atoms with Gasteiger partial charge in [-0.3, -0.25) is 4.79 Å². The number of aliphatic hydroxyl groups is 1. The van der Waals surface area contributed by atoms with E-state index in [1.807, 2.05) is 0 Å². The van der Waals surface area contributed by atoms with Crippen LogP contribution in [0.3, 0.4) is 0 Å². The number of hydrogen-bond donors (Lipinski definition) is 2. The predicted octanol–water partition coefficient (Wildman–Crippen LogP) is 1.34. The molecule has 13 heavy (non-hydrogen) atoms. The van der Waals surface area contributed by atoms with Crippen molar-refractivity contribution >= 4 is 5.78 Å². The standard InChI is InChI=1S/C7H15NO2.C3H8/c1-4(2)7(10)6(8)5(3)9;1-3-2/h4-6,9H,8H2,1-3H3;3H2,1-2H3. The maximum absolute atomic E-state index is 11.0. The van der Waals surface area contributed by atoms with Crippen molar-refractivity contribution in [3.8, 4) is 0 Å². The van der Waals surface area contributed by atoms with Crippen LogP contribution in [0, 0.1) is 5.92 Å². The first-order chi connectivity index (χ1) is 5.88. The molecule has 0 amide bonds. The van der Waals surface area contributed by atoms with E-state index in [1.165, 1.54) is 13.3 Å². The molecule has 3 nitrogen and oxygen atoms in total. The number of ketones is 1. The Labute approximate surface area is 81.3 Å². The van der Waals surface area contributed by atoms with E-state index in [4.69, 9.17) is 10.8 Å². The summed E-state index contributed by atoms with van der Waals surface area (Å²) in [6.45, 7) is 9.31. The molecule has 0 aliphatic heterocycles. The smallest absolute Gasteiger partial charge is 0.154 e. The number of carbonyl (C=O) groups is 1. The molecule has 3 heteroatoms. The lowest BCUT2D eigenvalue weighted by Gasteiger charge is -2.14. The van der Waals surface area contributed by atoms with Gasteiger partial charge in [-0.25, -0.2) is 0 Å². The van der Waals surface area contributed by atoms with Gasteiger partial charge in [0, 0.05) is 5.92 Å². The van der Waals surface area contributed by atoms with Gasteiger partial charge >= 0.3 is 0 Å². The summed E-state index contributed by atoms with van der Waals surface area (Å²) in [5.74, 6) is -0.181. The van der Waals surface area contributed by atoms with Crippen molar-refractivity contribution in [3.63, 3.8) is 0 Å². The number of aliphatic hydroxyl groups excluding tert-OH is 1. The van der Waals surface area contributed by atoms with Crippen LogP contribution in [-0.4, -0.2) is 23.0 Å². The Morgan fingerprint density at radius 2 is 1.62 bits per heavy atom. The van der Waals surface area contributed by atoms with Gasteiger partial charge < -0.3 is 10.8 Å². The molecule has 0 aliphatic carbocycles. The lowest BCUT2D eigenvalue weighted by atomic mass is 9.99. The van der Waals surface area contributed by atoms with Crippen molar-refractivity contribution in [2.24, 2.45) is 11.7 Å². The molecule has 0 aromatic heterocycles. The molecule has 0 saturated carbocycles. The highest BCUT2D eigenvalue weighted by Gasteiger charge is 2.20. The first-order valence-electron chi connectivity index (χ1n) is 4.85. The normalized spacial score (nSPS) is 14.5. The minimum Gasteiger partial charge on any atom is -0.391 e. The van der Waals surface area contributed by atoms with Crippen LogP contribution >= 0.6 is 0 Å². The van der Waals surface area contributed by atoms with E-state index in [-0.39, 0.29) is 11.7 Å². The highest BCUT2D eigenvalue weighted by molar-refractivity contribution is 5.85. The lowest BCUT2D eigenvalue weighted by Crippen LogP contribution is -2.42. The zero-order valence-electron chi connectivity index (χ0n) is 9.37. The lowest BCUT2D eigenvalue weighted by molar-refractivity contribution is -0.125. The van der Waals surface area contributed by atoms with Crippen LogP contribution in [0.4, 0.5) is 0 Å². The largest absolute Gasteiger partial charge is 0.391 e. The number of carbonyl (C=O) groups excluding carboxylic acids is 1. The van der Waals surface area contributed by atoms with Gasteiger partial charge in [0.15, 0.2) is 5.78 Å². The Kier molecular flexibility index (Phi) is 9.51. The van der Waals surface area contributed by atoms with Crippen LogP contribution in [0.1, 0.15) is 41.0 Å². The fourth-order valence-electron chi connectivity index (χ4n) is 0.623. The van der Waals surface area contributed by atoms with E-state index in [0.29, 0.717) is 0 Å². The Morgan fingerprint density at radius 3 is 1.69 bits per heavy atom. The summed E-state index contributed by atoms with van der Waals surface area (Å²) in [7, 11) is 0. The molecule has 0 aromatic rings. The minimum absolute atomic E-state index is 0.0880. The van der Waals surface area contributed by atoms with Gasteiger partial charge in [-0.05, 0) is 6.92 Å². The molecule has 0 saturated heterocycles. The average molecular weight is 189 g/mol. The van der Waals surface area contributed by atoms with Crippen molar-refractivity contribution in [2.45, 2.75) is 53.2 Å². The number of hydrogen-bond acceptors (Lipinski definition) is 3. The van der Waals surface area contributed by atoms with Crippen LogP contribution in [0.25, 0.3) is 0 Å². The van der Waals surface area contributed by atoms with Gasteiger partial charge in [0.2, 0.25) is 0 Å². The van der Waals surface area contributed by atoms with E-state index in [1.54, 1.807) is 13.8 Å². The van der Waals surface area contributed by atoms with E-state index < -0.39 is 12.1 Å². The highest BCUT2D eigenvalue weighted by Crippen LogP contribution is 2.00. The van der Waals surface area contributed by atoms with Gasteiger partial charge in [0.1, 0.15) is 0 Å². The molecule has 3 N–H and O–H groups in total. The fourth-order valence-corrected chi connectivity index (χ4v) is 0.623. The summed E-state index contributed by atoms with van der Waals surface area (Å²) in [6, 6.07) is -0.722. The number of Topliss-reactive ketones (excluding diaryl/α,β-unsaturated/α-hetero) is 1. The summed E-state index contributed by atoms with van der Waals surface area (Å²) in [5.41, 5.74) is 5.36. The Bertz CT molecular complexity index is 133. The summed E-state index contributed by atoms with van der Waals surface area (Å²) in [4.78, 5) is 11.0. The quantitative estimate of drug-likeness (QED) is 0.704. The van der Waals surface area contributed by atoms with Gasteiger partial charge in [0.25, 0.3) is 0 Å². The second-order valence-electron chi connectivity index (χ2n) is 3.53. The molecule has 0 aromatic carbocycles. The van der Waals surface area contributed by atoms with Crippen LogP contribution in [-0.2, 0) is 4.79 Å². The molecule has 0 bridgehead atoms. The topological polar surface area (TPSA) is 63.3 Å². The monoisotopic (exact) mass is 189 g/mol. The van der Waals surface area contributed by atoms with Crippen molar-refractivity contribution in [1.29, 1.82) is 0 Å². The van der Waals surface area contributed by atoms with Crippen molar-refractivity contribution in [2.75, 3.05) is 0 Å². The first-order valence-corrected chi connectivity index (χ1v) is 4.85. The zero-order valence-corrected chi connectivity index (χ0v) is 9.37. The van der Waals surface area contributed by atoms with Crippen molar-refractivity contribution in [1.82, 2.24) is 0 Å². The second-order valence-corrected chi connectivity index (χ2v) is 3.53. The summed E-state index contributed by atoms with van der Waals surface area (Å²) >= 11 is 0. The summed E-state index contributed by atoms with van der Waals surface area (Å²) in [6.07, 6.45) is 0.509. The molecular formula is C10H23NO2. The number of nitrogens with two attached hydrogens (primary N) is 1. The fraction of sp³-hybridized carbons (Fsp3) is 0.900. The number of rotatable bonds is 3. The maximum atomic E-state index is 11.0. The molecule has 0 fully saturated rings. The van der Waals surface area contributed by atoms with Crippen molar-refractivity contribution < 1.29 is 9.90 Å². The van der Waals surface area contributed by atoms with Gasteiger partial charge in [-0.2, -0.15) is 0 Å². The maximum Gasteiger partial charge on any atom is 0.154 e. The van der Waals surface area contributed by atoms with E-state index >= 15 is 0 Å². The Morgan fingerprint density at radius 1 is 1.31 bits per heavy atom. The molecule has 0 radical (unpaired) electrons. The third-order valence-electron chi connectivity index (χ3n) is 1.42. The predicted molar refractivity (Wildman–Crippen MR) is 55.5 cm³/mol. The molecule has 80 valence electrons. The van der Waals surface area contributed by atoms with Crippen LogP contribution < -0.4 is 5.73 Å². The molecule has 0 spiro atoms. The second kappa shape index (κ2) is 8.20. The van der Waals surface area contributed by atoms with E-state index in [2.05, 4.69) is 13.8 Å². The Hall–Kier alpha value is -0.410. The van der Waals surface area contributed by atoms with Gasteiger partial charge in [-0.15, -0.1) is 0 Å².